The van der Waals surface area contributed by atoms with Gasteiger partial charge < -0.3 is 0 Å². The van der Waals surface area contributed by atoms with E-state index in [4.69, 9.17) is 0 Å². The van der Waals surface area contributed by atoms with Crippen LogP contribution in [0.2, 0.25) is 78.6 Å². The van der Waals surface area contributed by atoms with E-state index >= 15 is 0 Å². The summed E-state index contributed by atoms with van der Waals surface area (Å²) in [7, 11) is -4.68. The predicted octanol–water partition coefficient (Wildman–Crippen LogP) is 4.46. The Morgan fingerprint density at radius 3 is 0.684 bits per heavy atom. The molecule has 0 heterocycles. The van der Waals surface area contributed by atoms with Gasteiger partial charge in [-0.3, -0.25) is 0 Å². The van der Waals surface area contributed by atoms with Gasteiger partial charge in [0.1, 0.15) is 0 Å². The van der Waals surface area contributed by atoms with Crippen LogP contribution in [0.15, 0.2) is 0 Å². The fourth-order valence-corrected chi connectivity index (χ4v) is 36.2. The van der Waals surface area contributed by atoms with Gasteiger partial charge in [-0.25, -0.2) is 0 Å². The molecule has 0 amide bonds. The third-order valence-corrected chi connectivity index (χ3v) is 43.1. The second-order valence-electron chi connectivity index (χ2n) is 9.45. The van der Waals surface area contributed by atoms with E-state index < -0.39 is 54.6 Å². The van der Waals surface area contributed by atoms with Crippen molar-refractivity contribution in [2.45, 2.75) is 78.6 Å². The number of rotatable bonds is 6. The summed E-state index contributed by atoms with van der Waals surface area (Å²) in [6.07, 6.45) is 0. The third kappa shape index (κ3) is 6.92. The summed E-state index contributed by atoms with van der Waals surface area (Å²) in [5, 5.41) is 0. The van der Waals surface area contributed by atoms with Crippen molar-refractivity contribution in [3.8, 4) is 0 Å². The normalized spacial score (nSPS) is 15.1. The van der Waals surface area contributed by atoms with Crippen molar-refractivity contribution in [1.29, 1.82) is 0 Å². The summed E-state index contributed by atoms with van der Waals surface area (Å²) >= 11 is -0.599. The maximum absolute atomic E-state index is 3.11. The Kier molecular flexibility index (Phi) is 6.90. The van der Waals surface area contributed by atoms with Crippen LogP contribution in [0.3, 0.4) is 0 Å². The van der Waals surface area contributed by atoms with Crippen LogP contribution in [0.25, 0.3) is 0 Å². The van der Waals surface area contributed by atoms with Gasteiger partial charge in [0.2, 0.25) is 0 Å². The van der Waals surface area contributed by atoms with E-state index in [9.17, 15) is 0 Å². The van der Waals surface area contributed by atoms with E-state index in [0.29, 0.717) is 0 Å². The molecular weight excluding hydrogens is 403 g/mol. The van der Waals surface area contributed by atoms with Gasteiger partial charge in [-0.2, -0.15) is 0 Å². The first kappa shape index (κ1) is 20.6. The van der Waals surface area contributed by atoms with Gasteiger partial charge >= 0.3 is 138 Å². The average molecular weight is 439 g/mol. The van der Waals surface area contributed by atoms with Crippen molar-refractivity contribution in [3.05, 3.63) is 0 Å². The first-order valence-corrected chi connectivity index (χ1v) is 23.7. The topological polar surface area (TPSA) is 6.48 Å². The van der Waals surface area contributed by atoms with Gasteiger partial charge in [-0.05, 0) is 0 Å². The molecule has 0 unspecified atom stereocenters. The molecule has 0 N–H and O–H groups in total. The van der Waals surface area contributed by atoms with Gasteiger partial charge in [0.15, 0.2) is 0 Å². The Hall–Kier alpha value is 1.59. The molecular formula is C12H36N2Si4Sn+2. The number of hydrogen-bond donors (Lipinski definition) is 0. The fraction of sp³-hybridized carbons (Fsp3) is 1.00. The Morgan fingerprint density at radius 1 is 0.421 bits per heavy atom. The molecule has 0 aliphatic carbocycles. The van der Waals surface area contributed by atoms with E-state index in [1.165, 1.54) is 0 Å². The quantitative estimate of drug-likeness (QED) is 0.564. The van der Waals surface area contributed by atoms with Crippen molar-refractivity contribution in [2.75, 3.05) is 0 Å². The standard InChI is InChI=1S/2C6H18NSi2.Sn/c2*1-8(2,3)7-9(4,5)6;/h2*1-6H3;/q2*-1;+4. The van der Waals surface area contributed by atoms with Crippen LogP contribution in [0.5, 0.6) is 0 Å². The van der Waals surface area contributed by atoms with E-state index in [1.807, 2.05) is 0 Å². The van der Waals surface area contributed by atoms with Crippen LogP contribution in [0.4, 0.5) is 0 Å². The van der Waals surface area contributed by atoms with Crippen molar-refractivity contribution in [1.82, 2.24) is 4.91 Å². The molecule has 0 saturated heterocycles. The maximum atomic E-state index is 3.11. The molecule has 0 aromatic carbocycles. The molecule has 0 bridgehead atoms. The van der Waals surface area contributed by atoms with E-state index in [2.05, 4.69) is 83.5 Å². The van der Waals surface area contributed by atoms with E-state index in [1.54, 1.807) is 0 Å². The summed E-state index contributed by atoms with van der Waals surface area (Å²) < 4.78 is 6.22. The second kappa shape index (κ2) is 6.37. The first-order valence-electron chi connectivity index (χ1n) is 7.34. The van der Waals surface area contributed by atoms with Crippen LogP contribution >= 0.6 is 0 Å². The molecule has 19 heavy (non-hydrogen) atoms. The minimum absolute atomic E-state index is 0.599. The van der Waals surface area contributed by atoms with Crippen molar-refractivity contribution < 1.29 is 0 Å². The van der Waals surface area contributed by atoms with Crippen LogP contribution in [0.1, 0.15) is 0 Å². The number of nitrogens with zero attached hydrogens (tertiary/aromatic N) is 2. The van der Waals surface area contributed by atoms with Crippen molar-refractivity contribution in [3.63, 3.8) is 0 Å². The zero-order chi connectivity index (χ0) is 15.9. The molecule has 7 heteroatoms. The molecule has 0 saturated carbocycles. The average Bonchev–Trinajstić information content (AvgIpc) is 1.91. The van der Waals surface area contributed by atoms with Gasteiger partial charge in [0.05, 0.1) is 0 Å². The molecule has 112 valence electrons. The first-order chi connectivity index (χ1) is 7.97. The summed E-state index contributed by atoms with van der Waals surface area (Å²) in [6.45, 7) is 30.7. The van der Waals surface area contributed by atoms with Crippen LogP contribution in [-0.4, -0.2) is 59.5 Å². The molecule has 0 aliphatic heterocycles. The fourth-order valence-electron chi connectivity index (χ4n) is 2.71. The van der Waals surface area contributed by atoms with Crippen LogP contribution in [-0.2, 0) is 0 Å². The minimum atomic E-state index is -1.17. The molecule has 2 nitrogen and oxygen atoms in total. The Morgan fingerprint density at radius 2 is 0.579 bits per heavy atom. The Bertz CT molecular complexity index is 239. The van der Waals surface area contributed by atoms with Crippen LogP contribution in [0, 0.1) is 0 Å². The zero-order valence-corrected chi connectivity index (χ0v) is 22.2. The van der Waals surface area contributed by atoms with Crippen LogP contribution < -0.4 is 0 Å². The van der Waals surface area contributed by atoms with E-state index in [0.717, 1.165) is 0 Å². The zero-order valence-electron chi connectivity index (χ0n) is 15.4. The summed E-state index contributed by atoms with van der Waals surface area (Å²) in [5.74, 6) is 0. The van der Waals surface area contributed by atoms with Crippen molar-refractivity contribution >= 4 is 54.6 Å². The van der Waals surface area contributed by atoms with Gasteiger partial charge in [-0.15, -0.1) is 0 Å². The molecule has 0 radical (unpaired) electrons. The SMILES string of the molecule is C[Si](C)(C)[N]([Sn+2][N]([Si](C)(C)C)[Si](C)(C)C)[Si](C)(C)C. The Balaban J connectivity index is 5.43. The van der Waals surface area contributed by atoms with Crippen molar-refractivity contribution in [2.24, 2.45) is 0 Å². The molecule has 0 atom stereocenters. The molecule has 0 aromatic rings. The molecule has 0 spiro atoms. The summed E-state index contributed by atoms with van der Waals surface area (Å²) in [4.78, 5) is 0. The molecule has 0 aromatic heterocycles. The third-order valence-electron chi connectivity index (χ3n) is 2.88. The second-order valence-corrected chi connectivity index (χ2v) is 37.7. The molecule has 0 rings (SSSR count). The van der Waals surface area contributed by atoms with E-state index in [-0.39, 0.29) is 0 Å². The number of hydrogen-bond acceptors (Lipinski definition) is 2. The van der Waals surface area contributed by atoms with Gasteiger partial charge in [-0.1, -0.05) is 0 Å². The molecule has 0 aliphatic rings. The molecule has 0 fully saturated rings. The summed E-state index contributed by atoms with van der Waals surface area (Å²) in [6, 6.07) is 0. The van der Waals surface area contributed by atoms with Gasteiger partial charge in [0, 0.05) is 0 Å². The summed E-state index contributed by atoms with van der Waals surface area (Å²) in [5.41, 5.74) is 0. The monoisotopic (exact) mass is 440 g/mol. The Labute approximate surface area is 137 Å². The predicted molar refractivity (Wildman–Crippen MR) is 103 cm³/mol. The van der Waals surface area contributed by atoms with Gasteiger partial charge in [0.25, 0.3) is 0 Å².